The van der Waals surface area contributed by atoms with E-state index in [0.29, 0.717) is 25.4 Å². The van der Waals surface area contributed by atoms with E-state index in [-0.39, 0.29) is 18.6 Å². The Balaban J connectivity index is 1.79. The molecule has 35 heavy (non-hydrogen) atoms. The molecule has 0 heterocycles. The lowest BCUT2D eigenvalue weighted by Crippen LogP contribution is -2.21. The highest BCUT2D eigenvalue weighted by molar-refractivity contribution is 14.1. The Morgan fingerprint density at radius 1 is 1.09 bits per heavy atom. The van der Waals surface area contributed by atoms with E-state index in [4.69, 9.17) is 19.5 Å². The van der Waals surface area contributed by atoms with Gasteiger partial charge in [-0.15, -0.1) is 0 Å². The van der Waals surface area contributed by atoms with Crippen molar-refractivity contribution in [3.05, 3.63) is 92.6 Å². The number of ether oxygens (including phenoxy) is 3. The number of anilines is 1. The van der Waals surface area contributed by atoms with Gasteiger partial charge in [-0.3, -0.25) is 4.79 Å². The van der Waals surface area contributed by atoms with E-state index in [9.17, 15) is 4.79 Å². The number of carbonyl (C=O) groups is 1. The Bertz CT molecular complexity index is 1140. The maximum Gasteiger partial charge on any atom is 0.302 e. The zero-order chi connectivity index (χ0) is 25.0. The molecule has 0 amide bonds. The zero-order valence-corrected chi connectivity index (χ0v) is 22.1. The van der Waals surface area contributed by atoms with Crippen molar-refractivity contribution in [1.82, 2.24) is 0 Å². The van der Waals surface area contributed by atoms with Crippen molar-refractivity contribution in [2.45, 2.75) is 32.9 Å². The number of benzene rings is 3. The fourth-order valence-electron chi connectivity index (χ4n) is 3.59. The van der Waals surface area contributed by atoms with Crippen LogP contribution < -0.4 is 10.1 Å². The first-order valence-electron chi connectivity index (χ1n) is 11.5. The second-order valence-corrected chi connectivity index (χ2v) is 9.16. The number of halogens is 1. The van der Waals surface area contributed by atoms with Gasteiger partial charge in [0.2, 0.25) is 0 Å². The third-order valence-electron chi connectivity index (χ3n) is 5.31. The lowest BCUT2D eigenvalue weighted by molar-refractivity contribution is -0.141. The number of esters is 1. The maximum atomic E-state index is 11.6. The van der Waals surface area contributed by atoms with Gasteiger partial charge in [0.25, 0.3) is 0 Å². The number of nitriles is 1. The molecule has 0 fully saturated rings. The first-order chi connectivity index (χ1) is 17.0. The van der Waals surface area contributed by atoms with Gasteiger partial charge in [-0.2, -0.15) is 5.26 Å². The number of carbonyl (C=O) groups excluding carboxylic acids is 1. The second-order valence-electron chi connectivity index (χ2n) is 7.91. The van der Waals surface area contributed by atoms with Crippen molar-refractivity contribution in [3.63, 3.8) is 0 Å². The van der Waals surface area contributed by atoms with E-state index in [1.165, 1.54) is 6.92 Å². The molecule has 0 aliphatic carbocycles. The summed E-state index contributed by atoms with van der Waals surface area (Å²) >= 11 is 2.29. The largest absolute Gasteiger partial charge is 0.491 e. The molecule has 0 bridgehead atoms. The molecule has 7 heteroatoms. The molecule has 0 radical (unpaired) electrons. The van der Waals surface area contributed by atoms with E-state index in [2.05, 4.69) is 47.0 Å². The Morgan fingerprint density at radius 3 is 2.49 bits per heavy atom. The summed E-state index contributed by atoms with van der Waals surface area (Å²) in [6.45, 7) is 4.99. The highest BCUT2D eigenvalue weighted by Crippen LogP contribution is 2.34. The average molecular weight is 584 g/mol. The monoisotopic (exact) mass is 584 g/mol. The Labute approximate surface area is 220 Å². The molecular formula is C28H29IN2O4. The minimum absolute atomic E-state index is 0.138. The molecule has 0 saturated heterocycles. The van der Waals surface area contributed by atoms with Crippen molar-refractivity contribution in [2.24, 2.45) is 0 Å². The van der Waals surface area contributed by atoms with Crippen LogP contribution in [0, 0.1) is 14.9 Å². The minimum Gasteiger partial charge on any atom is -0.491 e. The molecule has 3 aromatic carbocycles. The molecule has 6 nitrogen and oxygen atoms in total. The van der Waals surface area contributed by atoms with Gasteiger partial charge in [0.05, 0.1) is 30.9 Å². The number of rotatable bonds is 12. The summed E-state index contributed by atoms with van der Waals surface area (Å²) < 4.78 is 18.5. The van der Waals surface area contributed by atoms with Crippen LogP contribution in [0.15, 0.2) is 66.7 Å². The van der Waals surface area contributed by atoms with E-state index in [0.717, 1.165) is 38.1 Å². The standard InChI is InChI=1S/C28H29IN2O4/c1-3-23-15-24(29)16-26(28(23)34-14-13-33-18-22-7-5-4-6-8-22)27(19-35-20(2)32)31-25-11-9-21(17-30)10-12-25/h4-12,15-16,27,31H,3,13-14,18-19H2,1-2H3. The number of nitrogens with zero attached hydrogens (tertiary/aromatic N) is 1. The van der Waals surface area contributed by atoms with E-state index >= 15 is 0 Å². The van der Waals surface area contributed by atoms with Gasteiger partial charge in [-0.25, -0.2) is 0 Å². The summed E-state index contributed by atoms with van der Waals surface area (Å²) in [7, 11) is 0. The highest BCUT2D eigenvalue weighted by atomic mass is 127. The predicted octanol–water partition coefficient (Wildman–Crippen LogP) is 6.04. The lowest BCUT2D eigenvalue weighted by Gasteiger charge is -2.25. The first-order valence-corrected chi connectivity index (χ1v) is 12.5. The maximum absolute atomic E-state index is 11.6. The van der Waals surface area contributed by atoms with Crippen LogP contribution in [0.25, 0.3) is 0 Å². The van der Waals surface area contributed by atoms with E-state index in [1.807, 2.05) is 48.5 Å². The number of aryl methyl sites for hydroxylation is 1. The molecule has 1 atom stereocenters. The summed E-state index contributed by atoms with van der Waals surface area (Å²) in [4.78, 5) is 11.6. The van der Waals surface area contributed by atoms with Crippen LogP contribution in [0.1, 0.15) is 42.1 Å². The summed E-state index contributed by atoms with van der Waals surface area (Å²) in [5.41, 5.74) is 4.49. The molecule has 0 aliphatic heterocycles. The van der Waals surface area contributed by atoms with Crippen LogP contribution in [-0.2, 0) is 27.3 Å². The fourth-order valence-corrected chi connectivity index (χ4v) is 4.30. The topological polar surface area (TPSA) is 80.6 Å². The molecule has 182 valence electrons. The first kappa shape index (κ1) is 26.5. The van der Waals surface area contributed by atoms with Gasteiger partial charge in [-0.1, -0.05) is 37.3 Å². The van der Waals surface area contributed by atoms with Crippen LogP contribution in [0.4, 0.5) is 5.69 Å². The molecule has 1 unspecified atom stereocenters. The highest BCUT2D eigenvalue weighted by Gasteiger charge is 2.21. The molecule has 1 N–H and O–H groups in total. The van der Waals surface area contributed by atoms with Crippen molar-refractivity contribution in [3.8, 4) is 11.8 Å². The van der Waals surface area contributed by atoms with Crippen molar-refractivity contribution in [2.75, 3.05) is 25.1 Å². The SMILES string of the molecule is CCc1cc(I)cc(C(COC(C)=O)Nc2ccc(C#N)cc2)c1OCCOCc1ccccc1. The van der Waals surface area contributed by atoms with Gasteiger partial charge in [-0.05, 0) is 76.5 Å². The van der Waals surface area contributed by atoms with Gasteiger partial charge in [0.15, 0.2) is 0 Å². The zero-order valence-electron chi connectivity index (χ0n) is 19.9. The van der Waals surface area contributed by atoms with Crippen molar-refractivity contribution < 1.29 is 19.0 Å². The molecule has 3 rings (SSSR count). The number of hydrogen-bond donors (Lipinski definition) is 1. The fraction of sp³-hybridized carbons (Fsp3) is 0.286. The van der Waals surface area contributed by atoms with Crippen LogP contribution >= 0.6 is 22.6 Å². The summed E-state index contributed by atoms with van der Waals surface area (Å²) in [5.74, 6) is 0.421. The van der Waals surface area contributed by atoms with Crippen LogP contribution in [-0.4, -0.2) is 25.8 Å². The molecule has 0 aliphatic rings. The second kappa shape index (κ2) is 13.7. The molecule has 3 aromatic rings. The number of hydrogen-bond acceptors (Lipinski definition) is 6. The quantitative estimate of drug-likeness (QED) is 0.159. The van der Waals surface area contributed by atoms with Crippen LogP contribution in [0.5, 0.6) is 5.75 Å². The summed E-state index contributed by atoms with van der Waals surface area (Å²) in [6, 6.07) is 23.1. The molecule has 0 spiro atoms. The van der Waals surface area contributed by atoms with Crippen molar-refractivity contribution >= 4 is 34.2 Å². The smallest absolute Gasteiger partial charge is 0.302 e. The molecular weight excluding hydrogens is 555 g/mol. The Kier molecular flexibility index (Phi) is 10.4. The van der Waals surface area contributed by atoms with Crippen LogP contribution in [0.3, 0.4) is 0 Å². The lowest BCUT2D eigenvalue weighted by atomic mass is 10.0. The predicted molar refractivity (Wildman–Crippen MR) is 144 cm³/mol. The van der Waals surface area contributed by atoms with Crippen molar-refractivity contribution in [1.29, 1.82) is 5.26 Å². The Hall–Kier alpha value is -3.09. The minimum atomic E-state index is -0.352. The summed E-state index contributed by atoms with van der Waals surface area (Å²) in [6.07, 6.45) is 0.793. The third kappa shape index (κ3) is 8.26. The molecule has 0 saturated carbocycles. The Morgan fingerprint density at radius 2 is 1.83 bits per heavy atom. The number of nitrogens with one attached hydrogen (secondary N) is 1. The van der Waals surface area contributed by atoms with Gasteiger partial charge < -0.3 is 19.5 Å². The summed E-state index contributed by atoms with van der Waals surface area (Å²) in [5, 5.41) is 12.5. The third-order valence-corrected chi connectivity index (χ3v) is 5.93. The van der Waals surface area contributed by atoms with Gasteiger partial charge in [0.1, 0.15) is 19.0 Å². The average Bonchev–Trinajstić information content (AvgIpc) is 2.87. The van der Waals surface area contributed by atoms with Gasteiger partial charge >= 0.3 is 5.97 Å². The van der Waals surface area contributed by atoms with Gasteiger partial charge in [0, 0.05) is 21.7 Å². The van der Waals surface area contributed by atoms with E-state index < -0.39 is 0 Å². The molecule has 0 aromatic heterocycles. The van der Waals surface area contributed by atoms with E-state index in [1.54, 1.807) is 12.1 Å². The normalized spacial score (nSPS) is 11.4. The van der Waals surface area contributed by atoms with Crippen LogP contribution in [0.2, 0.25) is 0 Å².